The summed E-state index contributed by atoms with van der Waals surface area (Å²) >= 11 is 1.23. The minimum Gasteiger partial charge on any atom is -0.494 e. The van der Waals surface area contributed by atoms with Crippen LogP contribution < -0.4 is 10.1 Å². The van der Waals surface area contributed by atoms with Crippen LogP contribution in [-0.2, 0) is 4.79 Å². The number of nitrogens with one attached hydrogen (secondary N) is 1. The summed E-state index contributed by atoms with van der Waals surface area (Å²) in [6.07, 6.45) is 0.902. The molecule has 0 radical (unpaired) electrons. The molecule has 7 heteroatoms. The highest BCUT2D eigenvalue weighted by Gasteiger charge is 2.12. The first-order chi connectivity index (χ1) is 11.1. The molecule has 0 aliphatic heterocycles. The molecule has 23 heavy (non-hydrogen) atoms. The lowest BCUT2D eigenvalue weighted by molar-refractivity contribution is -0.119. The zero-order valence-electron chi connectivity index (χ0n) is 13.5. The Morgan fingerprint density at radius 2 is 2.04 bits per heavy atom. The zero-order valence-corrected chi connectivity index (χ0v) is 14.4. The van der Waals surface area contributed by atoms with Gasteiger partial charge in [-0.05, 0) is 44.5 Å². The fraction of sp³-hybridized carbons (Fsp3) is 0.438. The maximum absolute atomic E-state index is 11.7. The Labute approximate surface area is 140 Å². The third-order valence-corrected chi connectivity index (χ3v) is 3.98. The van der Waals surface area contributed by atoms with Gasteiger partial charge < -0.3 is 14.5 Å². The molecule has 2 aromatic rings. The summed E-state index contributed by atoms with van der Waals surface area (Å²) in [4.78, 5) is 11.7. The molecule has 2 rings (SSSR count). The number of nitrogens with zero attached hydrogens (tertiary/aromatic N) is 2. The molecule has 1 atom stereocenters. The van der Waals surface area contributed by atoms with E-state index in [4.69, 9.17) is 9.15 Å². The zero-order chi connectivity index (χ0) is 16.7. The second-order valence-electron chi connectivity index (χ2n) is 5.00. The van der Waals surface area contributed by atoms with Crippen molar-refractivity contribution >= 4 is 17.7 Å². The van der Waals surface area contributed by atoms with Crippen LogP contribution in [0, 0.1) is 0 Å². The number of carbonyl (C=O) groups is 1. The Hall–Kier alpha value is -2.02. The topological polar surface area (TPSA) is 77.2 Å². The highest BCUT2D eigenvalue weighted by molar-refractivity contribution is 7.99. The number of ether oxygens (including phenoxy) is 1. The fourth-order valence-electron chi connectivity index (χ4n) is 1.79. The minimum absolute atomic E-state index is 0.0369. The SMILES string of the molecule is CCOc1ccc(-c2nnc(SCC(=O)NC(C)CC)o2)cc1. The molecule has 1 amide bonds. The summed E-state index contributed by atoms with van der Waals surface area (Å²) in [5.74, 6) is 1.45. The van der Waals surface area contributed by atoms with E-state index in [9.17, 15) is 4.79 Å². The van der Waals surface area contributed by atoms with Crippen LogP contribution >= 0.6 is 11.8 Å². The average molecular weight is 335 g/mol. The number of carbonyl (C=O) groups excluding carboxylic acids is 1. The molecular formula is C16H21N3O3S. The van der Waals surface area contributed by atoms with Crippen molar-refractivity contribution in [3.63, 3.8) is 0 Å². The molecule has 0 saturated heterocycles. The van der Waals surface area contributed by atoms with Crippen LogP contribution in [0.3, 0.4) is 0 Å². The standard InChI is InChI=1S/C16H21N3O3S/c1-4-11(3)17-14(20)10-23-16-19-18-15(22-16)12-6-8-13(9-7-12)21-5-2/h6-9,11H,4-5,10H2,1-3H3,(H,17,20). The van der Waals surface area contributed by atoms with Crippen LogP contribution in [0.4, 0.5) is 0 Å². The Bertz CT molecular complexity index is 628. The van der Waals surface area contributed by atoms with Gasteiger partial charge in [-0.15, -0.1) is 10.2 Å². The smallest absolute Gasteiger partial charge is 0.277 e. The third kappa shape index (κ3) is 5.28. The van der Waals surface area contributed by atoms with E-state index in [1.54, 1.807) is 0 Å². The van der Waals surface area contributed by atoms with Crippen molar-refractivity contribution in [1.29, 1.82) is 0 Å². The number of benzene rings is 1. The van der Waals surface area contributed by atoms with E-state index >= 15 is 0 Å². The van der Waals surface area contributed by atoms with Gasteiger partial charge in [-0.25, -0.2) is 0 Å². The van der Waals surface area contributed by atoms with Crippen LogP contribution in [-0.4, -0.2) is 34.5 Å². The first-order valence-electron chi connectivity index (χ1n) is 7.61. The predicted octanol–water partition coefficient (Wildman–Crippen LogP) is 3.14. The Morgan fingerprint density at radius 3 is 2.70 bits per heavy atom. The lowest BCUT2D eigenvalue weighted by atomic mass is 10.2. The third-order valence-electron chi connectivity index (χ3n) is 3.17. The lowest BCUT2D eigenvalue weighted by Gasteiger charge is -2.09. The Morgan fingerprint density at radius 1 is 1.30 bits per heavy atom. The molecule has 1 unspecified atom stereocenters. The van der Waals surface area contributed by atoms with Crippen LogP contribution in [0.2, 0.25) is 0 Å². The van der Waals surface area contributed by atoms with Crippen LogP contribution in [0.25, 0.3) is 11.5 Å². The van der Waals surface area contributed by atoms with Crippen molar-refractivity contribution in [3.8, 4) is 17.2 Å². The van der Waals surface area contributed by atoms with Gasteiger partial charge in [0, 0.05) is 11.6 Å². The van der Waals surface area contributed by atoms with Crippen molar-refractivity contribution in [2.45, 2.75) is 38.5 Å². The monoisotopic (exact) mass is 335 g/mol. The Balaban J connectivity index is 1.91. The predicted molar refractivity (Wildman–Crippen MR) is 89.5 cm³/mol. The summed E-state index contributed by atoms with van der Waals surface area (Å²) in [6.45, 7) is 6.56. The van der Waals surface area contributed by atoms with E-state index < -0.39 is 0 Å². The van der Waals surface area contributed by atoms with Crippen LogP contribution in [0.5, 0.6) is 5.75 Å². The molecule has 0 bridgehead atoms. The van der Waals surface area contributed by atoms with E-state index in [-0.39, 0.29) is 17.7 Å². The first kappa shape index (κ1) is 17.3. The summed E-state index contributed by atoms with van der Waals surface area (Å²) in [5, 5.41) is 11.2. The van der Waals surface area contributed by atoms with Gasteiger partial charge in [-0.1, -0.05) is 18.7 Å². The van der Waals surface area contributed by atoms with Crippen molar-refractivity contribution in [2.24, 2.45) is 0 Å². The largest absolute Gasteiger partial charge is 0.494 e. The van der Waals surface area contributed by atoms with Crippen molar-refractivity contribution in [3.05, 3.63) is 24.3 Å². The number of hydrogen-bond acceptors (Lipinski definition) is 6. The van der Waals surface area contributed by atoms with Crippen LogP contribution in [0.15, 0.2) is 33.9 Å². The molecule has 0 saturated carbocycles. The van der Waals surface area contributed by atoms with Crippen molar-refractivity contribution in [2.75, 3.05) is 12.4 Å². The molecule has 1 heterocycles. The number of rotatable bonds is 8. The summed E-state index contributed by atoms with van der Waals surface area (Å²) in [6, 6.07) is 7.61. The molecule has 1 aromatic carbocycles. The fourth-order valence-corrected chi connectivity index (χ4v) is 2.37. The quantitative estimate of drug-likeness (QED) is 0.747. The molecule has 0 aliphatic carbocycles. The highest BCUT2D eigenvalue weighted by Crippen LogP contribution is 2.24. The molecule has 1 aromatic heterocycles. The number of aromatic nitrogens is 2. The van der Waals surface area contributed by atoms with Crippen molar-refractivity contribution < 1.29 is 13.9 Å². The van der Waals surface area contributed by atoms with Gasteiger partial charge >= 0.3 is 0 Å². The van der Waals surface area contributed by atoms with Crippen LogP contribution in [0.1, 0.15) is 27.2 Å². The van der Waals surface area contributed by atoms with E-state index in [2.05, 4.69) is 15.5 Å². The number of thioether (sulfide) groups is 1. The number of amides is 1. The van der Waals surface area contributed by atoms with Gasteiger partial charge in [-0.3, -0.25) is 4.79 Å². The number of hydrogen-bond donors (Lipinski definition) is 1. The molecule has 0 spiro atoms. The second kappa shape index (κ2) is 8.57. The lowest BCUT2D eigenvalue weighted by Crippen LogP contribution is -2.33. The second-order valence-corrected chi connectivity index (χ2v) is 5.92. The maximum atomic E-state index is 11.7. The van der Waals surface area contributed by atoms with Gasteiger partial charge in [0.05, 0.1) is 12.4 Å². The van der Waals surface area contributed by atoms with E-state index in [1.807, 2.05) is 45.0 Å². The summed E-state index contributed by atoms with van der Waals surface area (Å²) in [5.41, 5.74) is 0.817. The summed E-state index contributed by atoms with van der Waals surface area (Å²) in [7, 11) is 0. The molecule has 124 valence electrons. The van der Waals surface area contributed by atoms with Gasteiger partial charge in [0.25, 0.3) is 5.22 Å². The highest BCUT2D eigenvalue weighted by atomic mass is 32.2. The first-order valence-corrected chi connectivity index (χ1v) is 8.59. The molecule has 1 N–H and O–H groups in total. The van der Waals surface area contributed by atoms with Gasteiger partial charge in [0.15, 0.2) is 0 Å². The molecule has 0 aliphatic rings. The molecular weight excluding hydrogens is 314 g/mol. The van der Waals surface area contributed by atoms with E-state index in [1.165, 1.54) is 11.8 Å². The Kier molecular flexibility index (Phi) is 6.46. The van der Waals surface area contributed by atoms with E-state index in [0.29, 0.717) is 17.7 Å². The summed E-state index contributed by atoms with van der Waals surface area (Å²) < 4.78 is 11.0. The minimum atomic E-state index is -0.0369. The normalized spacial score (nSPS) is 12.0. The van der Waals surface area contributed by atoms with E-state index in [0.717, 1.165) is 17.7 Å². The van der Waals surface area contributed by atoms with Gasteiger partial charge in [0.2, 0.25) is 11.8 Å². The van der Waals surface area contributed by atoms with Crippen molar-refractivity contribution in [1.82, 2.24) is 15.5 Å². The molecule has 0 fully saturated rings. The average Bonchev–Trinajstić information content (AvgIpc) is 3.03. The van der Waals surface area contributed by atoms with Gasteiger partial charge in [-0.2, -0.15) is 0 Å². The van der Waals surface area contributed by atoms with Gasteiger partial charge in [0.1, 0.15) is 5.75 Å². The molecule has 6 nitrogen and oxygen atoms in total. The maximum Gasteiger partial charge on any atom is 0.277 e.